The van der Waals surface area contributed by atoms with Crippen molar-refractivity contribution in [2.75, 3.05) is 0 Å². The number of hydrogen-bond acceptors (Lipinski definition) is 3. The number of nitrogens with zero attached hydrogens (tertiary/aromatic N) is 4. The molecule has 0 spiro atoms. The van der Waals surface area contributed by atoms with Crippen molar-refractivity contribution in [3.05, 3.63) is 47.3 Å². The van der Waals surface area contributed by atoms with Crippen LogP contribution in [0, 0.1) is 11.3 Å². The van der Waals surface area contributed by atoms with Gasteiger partial charge in [-0.1, -0.05) is 25.0 Å². The van der Waals surface area contributed by atoms with E-state index in [0.717, 1.165) is 42.3 Å². The minimum atomic E-state index is -2.39. The SMILES string of the molecule is CC(C)N1C=CC=NC1c1c(C#N)c2ccc(CC(F)F)cc2n1C1CCCC1. The first-order chi connectivity index (χ1) is 14.0. The van der Waals surface area contributed by atoms with E-state index in [1.165, 1.54) is 0 Å². The molecule has 152 valence electrons. The zero-order chi connectivity index (χ0) is 20.5. The molecule has 1 unspecified atom stereocenters. The molecule has 29 heavy (non-hydrogen) atoms. The molecule has 1 aliphatic heterocycles. The van der Waals surface area contributed by atoms with Crippen LogP contribution in [0.25, 0.3) is 10.9 Å². The maximum Gasteiger partial charge on any atom is 0.242 e. The van der Waals surface area contributed by atoms with Gasteiger partial charge in [-0.3, -0.25) is 4.99 Å². The van der Waals surface area contributed by atoms with Crippen molar-refractivity contribution < 1.29 is 8.78 Å². The molecule has 2 heterocycles. The Morgan fingerprint density at radius 1 is 1.24 bits per heavy atom. The van der Waals surface area contributed by atoms with Crippen LogP contribution in [0.4, 0.5) is 8.78 Å². The van der Waals surface area contributed by atoms with Crippen molar-refractivity contribution in [1.29, 1.82) is 5.26 Å². The van der Waals surface area contributed by atoms with Crippen LogP contribution in [0.2, 0.25) is 0 Å². The van der Waals surface area contributed by atoms with Crippen LogP contribution in [-0.2, 0) is 6.42 Å². The van der Waals surface area contributed by atoms with E-state index in [1.807, 2.05) is 24.4 Å². The van der Waals surface area contributed by atoms with Crippen molar-refractivity contribution in [3.8, 4) is 6.07 Å². The second-order valence-corrected chi connectivity index (χ2v) is 8.18. The van der Waals surface area contributed by atoms with E-state index in [0.29, 0.717) is 11.1 Å². The normalized spacial score (nSPS) is 19.8. The zero-order valence-electron chi connectivity index (χ0n) is 16.9. The number of fused-ring (bicyclic) bond motifs is 1. The van der Waals surface area contributed by atoms with E-state index in [-0.39, 0.29) is 24.7 Å². The number of hydrogen-bond donors (Lipinski definition) is 0. The number of halogens is 2. The smallest absolute Gasteiger partial charge is 0.242 e. The second kappa shape index (κ2) is 7.98. The van der Waals surface area contributed by atoms with Crippen LogP contribution in [0.1, 0.15) is 68.6 Å². The van der Waals surface area contributed by atoms with Gasteiger partial charge in [0, 0.05) is 36.3 Å². The molecule has 2 aliphatic rings. The first-order valence-electron chi connectivity index (χ1n) is 10.3. The molecule has 2 aromatic rings. The maximum atomic E-state index is 13.0. The highest BCUT2D eigenvalue weighted by atomic mass is 19.3. The molecule has 0 N–H and O–H groups in total. The zero-order valence-corrected chi connectivity index (χ0v) is 16.9. The van der Waals surface area contributed by atoms with E-state index in [4.69, 9.17) is 4.99 Å². The van der Waals surface area contributed by atoms with Crippen molar-refractivity contribution in [3.63, 3.8) is 0 Å². The highest BCUT2D eigenvalue weighted by Crippen LogP contribution is 2.42. The summed E-state index contributed by atoms with van der Waals surface area (Å²) in [6, 6.07) is 8.30. The lowest BCUT2D eigenvalue weighted by Gasteiger charge is -2.34. The number of aromatic nitrogens is 1. The van der Waals surface area contributed by atoms with Crippen molar-refractivity contribution >= 4 is 17.1 Å². The molecule has 1 atom stereocenters. The molecule has 4 rings (SSSR count). The summed E-state index contributed by atoms with van der Waals surface area (Å²) in [5.74, 6) is 0. The summed E-state index contributed by atoms with van der Waals surface area (Å²) in [6.45, 7) is 4.21. The van der Waals surface area contributed by atoms with Gasteiger partial charge in [0.15, 0.2) is 6.17 Å². The average Bonchev–Trinajstić information content (AvgIpc) is 3.32. The fourth-order valence-corrected chi connectivity index (χ4v) is 4.70. The summed E-state index contributed by atoms with van der Waals surface area (Å²) >= 11 is 0. The van der Waals surface area contributed by atoms with Gasteiger partial charge in [-0.15, -0.1) is 0 Å². The van der Waals surface area contributed by atoms with Gasteiger partial charge < -0.3 is 9.47 Å². The van der Waals surface area contributed by atoms with E-state index < -0.39 is 6.43 Å². The van der Waals surface area contributed by atoms with E-state index in [1.54, 1.807) is 12.3 Å². The molecule has 4 nitrogen and oxygen atoms in total. The lowest BCUT2D eigenvalue weighted by atomic mass is 10.1. The average molecular weight is 396 g/mol. The number of nitriles is 1. The second-order valence-electron chi connectivity index (χ2n) is 8.18. The highest BCUT2D eigenvalue weighted by molar-refractivity contribution is 5.89. The Balaban J connectivity index is 1.96. The number of aliphatic imine (C=N–C) groups is 1. The molecule has 1 saturated carbocycles. The molecule has 0 radical (unpaired) electrons. The predicted octanol–water partition coefficient (Wildman–Crippen LogP) is 5.74. The van der Waals surface area contributed by atoms with Crippen molar-refractivity contribution in [1.82, 2.24) is 9.47 Å². The van der Waals surface area contributed by atoms with E-state index >= 15 is 0 Å². The molecule has 1 aromatic carbocycles. The summed E-state index contributed by atoms with van der Waals surface area (Å²) in [5, 5.41) is 10.9. The van der Waals surface area contributed by atoms with Gasteiger partial charge in [-0.05, 0) is 44.4 Å². The molecular weight excluding hydrogens is 370 g/mol. The number of alkyl halides is 2. The lowest BCUT2D eigenvalue weighted by molar-refractivity contribution is 0.149. The summed E-state index contributed by atoms with van der Waals surface area (Å²) in [6.07, 6.45) is 7.11. The van der Waals surface area contributed by atoms with Gasteiger partial charge in [0.05, 0.1) is 16.8 Å². The Morgan fingerprint density at radius 2 is 2.00 bits per heavy atom. The molecule has 1 aromatic heterocycles. The van der Waals surface area contributed by atoms with Gasteiger partial charge in [0.25, 0.3) is 0 Å². The number of allylic oxidation sites excluding steroid dienone is 1. The molecule has 0 saturated heterocycles. The molecular formula is C23H26F2N4. The third-order valence-electron chi connectivity index (χ3n) is 5.99. The molecule has 0 bridgehead atoms. The van der Waals surface area contributed by atoms with Crippen LogP contribution in [0.5, 0.6) is 0 Å². The fourth-order valence-electron chi connectivity index (χ4n) is 4.70. The summed E-state index contributed by atoms with van der Waals surface area (Å²) < 4.78 is 28.3. The Morgan fingerprint density at radius 3 is 2.66 bits per heavy atom. The topological polar surface area (TPSA) is 44.3 Å². The van der Waals surface area contributed by atoms with Crippen LogP contribution < -0.4 is 0 Å². The highest BCUT2D eigenvalue weighted by Gasteiger charge is 2.33. The van der Waals surface area contributed by atoms with Crippen LogP contribution in [0.3, 0.4) is 0 Å². The van der Waals surface area contributed by atoms with E-state index in [9.17, 15) is 14.0 Å². The molecule has 0 amide bonds. The number of benzene rings is 1. The van der Waals surface area contributed by atoms with Gasteiger partial charge in [0.2, 0.25) is 6.43 Å². The van der Waals surface area contributed by atoms with E-state index in [2.05, 4.69) is 29.4 Å². The number of rotatable bonds is 5. The lowest BCUT2D eigenvalue weighted by Crippen LogP contribution is -2.32. The Kier molecular flexibility index (Phi) is 5.40. The minimum absolute atomic E-state index is 0.213. The largest absolute Gasteiger partial charge is 0.349 e. The third-order valence-corrected chi connectivity index (χ3v) is 5.99. The minimum Gasteiger partial charge on any atom is -0.349 e. The summed E-state index contributed by atoms with van der Waals surface area (Å²) in [5.41, 5.74) is 2.99. The quantitative estimate of drug-likeness (QED) is 0.647. The molecule has 6 heteroatoms. The third kappa shape index (κ3) is 3.55. The van der Waals surface area contributed by atoms with Crippen LogP contribution in [-0.4, -0.2) is 28.1 Å². The Labute approximate surface area is 170 Å². The Hall–Kier alpha value is -2.68. The predicted molar refractivity (Wildman–Crippen MR) is 111 cm³/mol. The fraction of sp³-hybridized carbons (Fsp3) is 0.478. The Bertz CT molecular complexity index is 990. The summed E-state index contributed by atoms with van der Waals surface area (Å²) in [4.78, 5) is 6.88. The van der Waals surface area contributed by atoms with Gasteiger partial charge in [-0.25, -0.2) is 8.78 Å². The monoisotopic (exact) mass is 396 g/mol. The van der Waals surface area contributed by atoms with Gasteiger partial charge >= 0.3 is 0 Å². The van der Waals surface area contributed by atoms with Crippen molar-refractivity contribution in [2.45, 2.75) is 70.6 Å². The molecule has 1 aliphatic carbocycles. The van der Waals surface area contributed by atoms with Crippen molar-refractivity contribution in [2.24, 2.45) is 4.99 Å². The standard InChI is InChI=1S/C23H26F2N4/c1-15(2)28-11-5-10-27-23(28)22-19(14-26)18-9-8-16(13-21(24)25)12-20(18)29(22)17-6-3-4-7-17/h5,8-12,15,17,21,23H,3-4,6-7,13H2,1-2H3. The summed E-state index contributed by atoms with van der Waals surface area (Å²) in [7, 11) is 0. The maximum absolute atomic E-state index is 13.0. The molecule has 1 fully saturated rings. The first-order valence-corrected chi connectivity index (χ1v) is 10.3. The van der Waals surface area contributed by atoms with Gasteiger partial charge in [0.1, 0.15) is 6.07 Å². The van der Waals surface area contributed by atoms with Crippen LogP contribution >= 0.6 is 0 Å². The van der Waals surface area contributed by atoms with Crippen LogP contribution in [0.15, 0.2) is 35.5 Å². The first kappa shape index (κ1) is 19.6. The van der Waals surface area contributed by atoms with Gasteiger partial charge in [-0.2, -0.15) is 5.26 Å².